The maximum Gasteiger partial charge on any atom is 0.253 e. The highest BCUT2D eigenvalue weighted by Gasteiger charge is 2.20. The van der Waals surface area contributed by atoms with Crippen molar-refractivity contribution in [3.63, 3.8) is 0 Å². The molecule has 1 aliphatic carbocycles. The van der Waals surface area contributed by atoms with E-state index in [9.17, 15) is 9.59 Å². The quantitative estimate of drug-likeness (QED) is 0.497. The second kappa shape index (κ2) is 10.1. The van der Waals surface area contributed by atoms with E-state index < -0.39 is 0 Å². The number of rotatable bonds is 8. The maximum absolute atomic E-state index is 12.7. The number of nitrogens with zero attached hydrogens (tertiary/aromatic N) is 2. The van der Waals surface area contributed by atoms with Gasteiger partial charge in [0.25, 0.3) is 5.91 Å². The number of aryl methyl sites for hydroxylation is 1. The predicted octanol–water partition coefficient (Wildman–Crippen LogP) is 4.29. The number of anilines is 2. The molecule has 4 rings (SSSR count). The Morgan fingerprint density at radius 2 is 1.78 bits per heavy atom. The van der Waals surface area contributed by atoms with Crippen molar-refractivity contribution in [2.75, 3.05) is 17.2 Å². The molecule has 3 N–H and O–H groups in total. The summed E-state index contributed by atoms with van der Waals surface area (Å²) in [6.45, 7) is 2.53. The second-order valence-electron chi connectivity index (χ2n) is 8.21. The molecule has 32 heavy (non-hydrogen) atoms. The lowest BCUT2D eigenvalue weighted by Gasteiger charge is -2.15. The number of benzene rings is 2. The van der Waals surface area contributed by atoms with Gasteiger partial charge in [0.15, 0.2) is 0 Å². The van der Waals surface area contributed by atoms with Crippen LogP contribution in [0.3, 0.4) is 0 Å². The standard InChI is InChI=1S/C25H29N5O2/c1-18-10-12-19(13-11-18)16-27-25(32)21-8-4-5-9-22(21)26-17-24(31)29-23-14-15-28-30(23)20-6-2-3-7-20/h4-5,8-15,20,26H,2-3,6-7,16-17H2,1H3,(H,27,32)(H,29,31). The van der Waals surface area contributed by atoms with Gasteiger partial charge in [-0.2, -0.15) is 5.10 Å². The van der Waals surface area contributed by atoms with Crippen molar-refractivity contribution in [1.29, 1.82) is 0 Å². The van der Waals surface area contributed by atoms with E-state index >= 15 is 0 Å². The molecule has 1 aromatic heterocycles. The molecule has 1 aliphatic rings. The maximum atomic E-state index is 12.7. The highest BCUT2D eigenvalue weighted by molar-refractivity contribution is 6.00. The Hall–Kier alpha value is -3.61. The number of hydrogen-bond acceptors (Lipinski definition) is 4. The molecule has 2 amide bonds. The van der Waals surface area contributed by atoms with Crippen molar-refractivity contribution >= 4 is 23.3 Å². The van der Waals surface area contributed by atoms with E-state index in [1.165, 1.54) is 18.4 Å². The first kappa shape index (κ1) is 21.6. The minimum Gasteiger partial charge on any atom is -0.375 e. The van der Waals surface area contributed by atoms with Gasteiger partial charge in [0, 0.05) is 18.3 Å². The highest BCUT2D eigenvalue weighted by Crippen LogP contribution is 2.31. The van der Waals surface area contributed by atoms with Gasteiger partial charge in [0.05, 0.1) is 24.3 Å². The largest absolute Gasteiger partial charge is 0.375 e. The third-order valence-electron chi connectivity index (χ3n) is 5.79. The van der Waals surface area contributed by atoms with Gasteiger partial charge in [-0.1, -0.05) is 54.8 Å². The summed E-state index contributed by atoms with van der Waals surface area (Å²) in [5, 5.41) is 13.4. The Labute approximate surface area is 188 Å². The van der Waals surface area contributed by atoms with E-state index in [-0.39, 0.29) is 18.4 Å². The van der Waals surface area contributed by atoms with Crippen molar-refractivity contribution in [3.05, 3.63) is 77.5 Å². The lowest BCUT2D eigenvalue weighted by Crippen LogP contribution is -2.27. The molecule has 7 nitrogen and oxygen atoms in total. The molecule has 0 unspecified atom stereocenters. The number of para-hydroxylation sites is 1. The van der Waals surface area contributed by atoms with E-state index in [1.807, 2.05) is 54.1 Å². The molecule has 1 saturated carbocycles. The number of nitrogens with one attached hydrogen (secondary N) is 3. The molecule has 166 valence electrons. The summed E-state index contributed by atoms with van der Waals surface area (Å²) in [6.07, 6.45) is 6.29. The van der Waals surface area contributed by atoms with Gasteiger partial charge in [0.1, 0.15) is 5.82 Å². The lowest BCUT2D eigenvalue weighted by atomic mass is 10.1. The minimum absolute atomic E-state index is 0.0537. The van der Waals surface area contributed by atoms with Gasteiger partial charge in [-0.15, -0.1) is 0 Å². The molecule has 0 aliphatic heterocycles. The van der Waals surface area contributed by atoms with Gasteiger partial charge >= 0.3 is 0 Å². The van der Waals surface area contributed by atoms with Crippen LogP contribution in [0.5, 0.6) is 0 Å². The Bertz CT molecular complexity index is 1070. The van der Waals surface area contributed by atoms with Crippen LogP contribution in [-0.2, 0) is 11.3 Å². The second-order valence-corrected chi connectivity index (χ2v) is 8.21. The monoisotopic (exact) mass is 431 g/mol. The zero-order chi connectivity index (χ0) is 22.3. The van der Waals surface area contributed by atoms with E-state index in [2.05, 4.69) is 21.0 Å². The van der Waals surface area contributed by atoms with Gasteiger partial charge in [0.2, 0.25) is 5.91 Å². The predicted molar refractivity (Wildman–Crippen MR) is 126 cm³/mol. The van der Waals surface area contributed by atoms with Gasteiger partial charge in [-0.25, -0.2) is 4.68 Å². The summed E-state index contributed by atoms with van der Waals surface area (Å²) in [4.78, 5) is 25.3. The molecule has 0 spiro atoms. The molecular weight excluding hydrogens is 402 g/mol. The van der Waals surface area contributed by atoms with Crippen LogP contribution in [0.15, 0.2) is 60.8 Å². The number of hydrogen-bond donors (Lipinski definition) is 3. The third-order valence-corrected chi connectivity index (χ3v) is 5.79. The van der Waals surface area contributed by atoms with Crippen molar-refractivity contribution in [2.24, 2.45) is 0 Å². The number of amides is 2. The average Bonchev–Trinajstić information content (AvgIpc) is 3.49. The summed E-state index contributed by atoms with van der Waals surface area (Å²) >= 11 is 0. The molecule has 1 fully saturated rings. The van der Waals surface area contributed by atoms with Gasteiger partial charge in [-0.3, -0.25) is 9.59 Å². The summed E-state index contributed by atoms with van der Waals surface area (Å²) in [5.41, 5.74) is 3.34. The lowest BCUT2D eigenvalue weighted by molar-refractivity contribution is -0.114. The van der Waals surface area contributed by atoms with Crippen LogP contribution in [-0.4, -0.2) is 28.1 Å². The first-order valence-corrected chi connectivity index (χ1v) is 11.1. The topological polar surface area (TPSA) is 88.1 Å². The fraction of sp³-hybridized carbons (Fsp3) is 0.320. The first-order chi connectivity index (χ1) is 15.6. The first-order valence-electron chi connectivity index (χ1n) is 11.1. The molecule has 2 aromatic carbocycles. The van der Waals surface area contributed by atoms with Crippen LogP contribution < -0.4 is 16.0 Å². The average molecular weight is 432 g/mol. The van der Waals surface area contributed by atoms with Gasteiger partial charge in [-0.05, 0) is 37.5 Å². The van der Waals surface area contributed by atoms with Crippen LogP contribution in [0.25, 0.3) is 0 Å². The Kier molecular flexibility index (Phi) is 6.84. The summed E-state index contributed by atoms with van der Waals surface area (Å²) in [6, 6.07) is 17.4. The van der Waals surface area contributed by atoms with E-state index in [0.29, 0.717) is 29.7 Å². The minimum atomic E-state index is -0.187. The fourth-order valence-corrected chi connectivity index (χ4v) is 4.03. The smallest absolute Gasteiger partial charge is 0.253 e. The SMILES string of the molecule is Cc1ccc(CNC(=O)c2ccccc2NCC(=O)Nc2ccnn2C2CCCC2)cc1. The van der Waals surface area contributed by atoms with Crippen LogP contribution in [0.2, 0.25) is 0 Å². The number of carbonyl (C=O) groups excluding carboxylic acids is 2. The van der Waals surface area contributed by atoms with Crippen LogP contribution in [0, 0.1) is 6.92 Å². The van der Waals surface area contributed by atoms with Crippen LogP contribution >= 0.6 is 0 Å². The highest BCUT2D eigenvalue weighted by atomic mass is 16.2. The van der Waals surface area contributed by atoms with E-state index in [4.69, 9.17) is 0 Å². The van der Waals surface area contributed by atoms with Gasteiger partial charge < -0.3 is 16.0 Å². The molecule has 0 atom stereocenters. The Balaban J connectivity index is 1.34. The summed E-state index contributed by atoms with van der Waals surface area (Å²) in [5.74, 6) is 0.348. The third kappa shape index (κ3) is 5.35. The molecular formula is C25H29N5O2. The Morgan fingerprint density at radius 3 is 2.56 bits per heavy atom. The molecule has 1 heterocycles. The van der Waals surface area contributed by atoms with Crippen molar-refractivity contribution < 1.29 is 9.59 Å². The number of carbonyl (C=O) groups is 2. The van der Waals surface area contributed by atoms with Crippen molar-refractivity contribution in [1.82, 2.24) is 15.1 Å². The molecule has 0 saturated heterocycles. The molecule has 0 radical (unpaired) electrons. The van der Waals surface area contributed by atoms with Crippen molar-refractivity contribution in [2.45, 2.75) is 45.2 Å². The van der Waals surface area contributed by atoms with Crippen LogP contribution in [0.1, 0.15) is 53.2 Å². The summed E-state index contributed by atoms with van der Waals surface area (Å²) < 4.78 is 1.91. The summed E-state index contributed by atoms with van der Waals surface area (Å²) in [7, 11) is 0. The molecule has 0 bridgehead atoms. The zero-order valence-corrected chi connectivity index (χ0v) is 18.3. The van der Waals surface area contributed by atoms with E-state index in [0.717, 1.165) is 18.4 Å². The van der Waals surface area contributed by atoms with E-state index in [1.54, 1.807) is 18.3 Å². The number of aromatic nitrogens is 2. The van der Waals surface area contributed by atoms with Crippen molar-refractivity contribution in [3.8, 4) is 0 Å². The normalized spacial score (nSPS) is 13.7. The Morgan fingerprint density at radius 1 is 1.03 bits per heavy atom. The molecule has 7 heteroatoms. The van der Waals surface area contributed by atoms with Crippen LogP contribution in [0.4, 0.5) is 11.5 Å². The molecule has 3 aromatic rings. The zero-order valence-electron chi connectivity index (χ0n) is 18.3. The fourth-order valence-electron chi connectivity index (χ4n) is 4.03.